The molecule has 2 rings (SSSR count). The second-order valence-electron chi connectivity index (χ2n) is 5.90. The fraction of sp³-hybridized carbons (Fsp3) is 0.800. The quantitative estimate of drug-likeness (QED) is 0.779. The van der Waals surface area contributed by atoms with Gasteiger partial charge < -0.3 is 14.6 Å². The topological polar surface area (TPSA) is 77.2 Å². The molecule has 1 saturated heterocycles. The molecule has 1 amide bonds. The highest BCUT2D eigenvalue weighted by Gasteiger charge is 2.35. The van der Waals surface area contributed by atoms with E-state index < -0.39 is 0 Å². The van der Waals surface area contributed by atoms with Gasteiger partial charge in [-0.3, -0.25) is 4.79 Å². The van der Waals surface area contributed by atoms with Crippen molar-refractivity contribution in [1.29, 1.82) is 0 Å². The minimum atomic E-state index is -0.0566. The van der Waals surface area contributed by atoms with Crippen LogP contribution in [-0.2, 0) is 16.0 Å². The molecule has 118 valence electrons. The second-order valence-corrected chi connectivity index (χ2v) is 5.90. The summed E-state index contributed by atoms with van der Waals surface area (Å²) in [5, 5.41) is 6.77. The van der Waals surface area contributed by atoms with Crippen molar-refractivity contribution >= 4 is 5.91 Å². The summed E-state index contributed by atoms with van der Waals surface area (Å²) in [6.45, 7) is 7.77. The molecular weight excluding hydrogens is 270 g/mol. The molecule has 1 aromatic heterocycles. The summed E-state index contributed by atoms with van der Waals surface area (Å²) >= 11 is 0. The van der Waals surface area contributed by atoms with Crippen LogP contribution in [0.4, 0.5) is 0 Å². The van der Waals surface area contributed by atoms with E-state index in [1.807, 2.05) is 0 Å². The predicted molar refractivity (Wildman–Crippen MR) is 77.9 cm³/mol. The maximum absolute atomic E-state index is 11.7. The number of amides is 1. The van der Waals surface area contributed by atoms with Gasteiger partial charge in [-0.25, -0.2) is 0 Å². The van der Waals surface area contributed by atoms with Crippen LogP contribution in [0.3, 0.4) is 0 Å². The van der Waals surface area contributed by atoms with E-state index in [0.717, 1.165) is 25.9 Å². The molecule has 2 atom stereocenters. The molecule has 1 aromatic rings. The molecule has 1 aliphatic rings. The summed E-state index contributed by atoms with van der Waals surface area (Å²) in [6, 6.07) is 0. The van der Waals surface area contributed by atoms with Crippen molar-refractivity contribution in [3.05, 3.63) is 11.7 Å². The molecule has 21 heavy (non-hydrogen) atoms. The van der Waals surface area contributed by atoms with Crippen LogP contribution >= 0.6 is 0 Å². The van der Waals surface area contributed by atoms with Gasteiger partial charge >= 0.3 is 0 Å². The summed E-state index contributed by atoms with van der Waals surface area (Å²) in [4.78, 5) is 16.1. The average Bonchev–Trinajstić information content (AvgIpc) is 3.06. The molecule has 0 bridgehead atoms. The maximum Gasteiger partial charge on any atom is 0.232 e. The van der Waals surface area contributed by atoms with Gasteiger partial charge in [0.05, 0.1) is 18.4 Å². The third kappa shape index (κ3) is 4.27. The Morgan fingerprint density at radius 2 is 2.29 bits per heavy atom. The van der Waals surface area contributed by atoms with Crippen LogP contribution in [0.15, 0.2) is 4.52 Å². The van der Waals surface area contributed by atoms with Gasteiger partial charge in [0.15, 0.2) is 5.82 Å². The Morgan fingerprint density at radius 3 is 3.00 bits per heavy atom. The van der Waals surface area contributed by atoms with Crippen LogP contribution in [0.25, 0.3) is 0 Å². The molecule has 0 unspecified atom stereocenters. The average molecular weight is 295 g/mol. The summed E-state index contributed by atoms with van der Waals surface area (Å²) < 4.78 is 11.1. The molecule has 1 aliphatic heterocycles. The Bertz CT molecular complexity index is 459. The standard InChI is InChI=1S/C15H25N3O3/c1-4-5-7-16-13(19)9-12-17-15(21-18-12)11-6-8-20-14(11)10(2)3/h10-11,14H,4-9H2,1-3H3,(H,16,19)/t11-,14+/m1/s1. The van der Waals surface area contributed by atoms with Gasteiger partial charge in [-0.05, 0) is 18.8 Å². The molecule has 0 spiro atoms. The SMILES string of the molecule is CCCCNC(=O)Cc1noc([C@@H]2CCO[C@H]2C(C)C)n1. The fourth-order valence-corrected chi connectivity index (χ4v) is 2.63. The summed E-state index contributed by atoms with van der Waals surface area (Å²) in [5.74, 6) is 1.55. The molecule has 1 fully saturated rings. The number of hydrogen-bond donors (Lipinski definition) is 1. The van der Waals surface area contributed by atoms with E-state index in [1.54, 1.807) is 0 Å². The van der Waals surface area contributed by atoms with Crippen LogP contribution in [0, 0.1) is 5.92 Å². The molecule has 6 nitrogen and oxygen atoms in total. The van der Waals surface area contributed by atoms with Crippen LogP contribution < -0.4 is 5.32 Å². The van der Waals surface area contributed by atoms with Gasteiger partial charge in [-0.1, -0.05) is 32.3 Å². The molecule has 0 radical (unpaired) electrons. The first-order chi connectivity index (χ1) is 10.1. The molecular formula is C15H25N3O3. The van der Waals surface area contributed by atoms with E-state index in [4.69, 9.17) is 9.26 Å². The monoisotopic (exact) mass is 295 g/mol. The Labute approximate surface area is 125 Å². The molecule has 0 saturated carbocycles. The number of rotatable bonds is 7. The van der Waals surface area contributed by atoms with Crippen molar-refractivity contribution in [2.45, 2.75) is 58.5 Å². The van der Waals surface area contributed by atoms with E-state index >= 15 is 0 Å². The molecule has 1 N–H and O–H groups in total. The molecule has 0 aromatic carbocycles. The Morgan fingerprint density at radius 1 is 1.48 bits per heavy atom. The Balaban J connectivity index is 1.90. The third-order valence-electron chi connectivity index (χ3n) is 3.76. The number of ether oxygens (including phenoxy) is 1. The van der Waals surface area contributed by atoms with Crippen LogP contribution in [0.2, 0.25) is 0 Å². The number of hydrogen-bond acceptors (Lipinski definition) is 5. The summed E-state index contributed by atoms with van der Waals surface area (Å²) in [6.07, 6.45) is 3.24. The fourth-order valence-electron chi connectivity index (χ4n) is 2.63. The van der Waals surface area contributed by atoms with Gasteiger partial charge in [0, 0.05) is 13.2 Å². The van der Waals surface area contributed by atoms with Crippen molar-refractivity contribution < 1.29 is 14.1 Å². The minimum Gasteiger partial charge on any atom is -0.377 e. The third-order valence-corrected chi connectivity index (χ3v) is 3.76. The number of unbranched alkanes of at least 4 members (excludes halogenated alkanes) is 1. The van der Waals surface area contributed by atoms with E-state index in [-0.39, 0.29) is 24.3 Å². The first-order valence-electron chi connectivity index (χ1n) is 7.82. The van der Waals surface area contributed by atoms with Crippen molar-refractivity contribution in [2.24, 2.45) is 5.92 Å². The zero-order chi connectivity index (χ0) is 15.2. The lowest BCUT2D eigenvalue weighted by Gasteiger charge is -2.18. The largest absolute Gasteiger partial charge is 0.377 e. The number of carbonyl (C=O) groups excluding carboxylic acids is 1. The molecule has 2 heterocycles. The number of nitrogens with zero attached hydrogens (tertiary/aromatic N) is 2. The lowest BCUT2D eigenvalue weighted by Crippen LogP contribution is -2.26. The van der Waals surface area contributed by atoms with Gasteiger partial charge in [0.2, 0.25) is 11.8 Å². The van der Waals surface area contributed by atoms with Crippen LogP contribution in [0.5, 0.6) is 0 Å². The van der Waals surface area contributed by atoms with E-state index in [0.29, 0.717) is 24.2 Å². The molecule has 6 heteroatoms. The maximum atomic E-state index is 11.7. The van der Waals surface area contributed by atoms with Gasteiger partial charge in [-0.15, -0.1) is 0 Å². The van der Waals surface area contributed by atoms with Gasteiger partial charge in [0.1, 0.15) is 0 Å². The predicted octanol–water partition coefficient (Wildman–Crippen LogP) is 2.06. The Hall–Kier alpha value is -1.43. The number of aromatic nitrogens is 2. The highest BCUT2D eigenvalue weighted by atomic mass is 16.5. The van der Waals surface area contributed by atoms with Gasteiger partial charge in [-0.2, -0.15) is 4.98 Å². The highest BCUT2D eigenvalue weighted by Crippen LogP contribution is 2.34. The summed E-state index contributed by atoms with van der Waals surface area (Å²) in [5.41, 5.74) is 0. The van der Waals surface area contributed by atoms with Crippen LogP contribution in [0.1, 0.15) is 57.7 Å². The molecule has 0 aliphatic carbocycles. The lowest BCUT2D eigenvalue weighted by atomic mass is 9.93. The van der Waals surface area contributed by atoms with Crippen LogP contribution in [-0.4, -0.2) is 35.3 Å². The number of nitrogens with one attached hydrogen (secondary N) is 1. The van der Waals surface area contributed by atoms with E-state index in [1.165, 1.54) is 0 Å². The van der Waals surface area contributed by atoms with E-state index in [2.05, 4.69) is 36.2 Å². The Kier molecular flexibility index (Phi) is 5.73. The lowest BCUT2D eigenvalue weighted by molar-refractivity contribution is -0.120. The first-order valence-corrected chi connectivity index (χ1v) is 7.82. The van der Waals surface area contributed by atoms with Gasteiger partial charge in [0.25, 0.3) is 0 Å². The van der Waals surface area contributed by atoms with E-state index in [9.17, 15) is 4.79 Å². The summed E-state index contributed by atoms with van der Waals surface area (Å²) in [7, 11) is 0. The normalized spacial score (nSPS) is 21.9. The van der Waals surface area contributed by atoms with Crippen molar-refractivity contribution in [3.8, 4) is 0 Å². The smallest absolute Gasteiger partial charge is 0.232 e. The minimum absolute atomic E-state index is 0.0566. The van der Waals surface area contributed by atoms with Crippen molar-refractivity contribution in [3.63, 3.8) is 0 Å². The number of carbonyl (C=O) groups is 1. The zero-order valence-corrected chi connectivity index (χ0v) is 13.1. The van der Waals surface area contributed by atoms with Crippen molar-refractivity contribution in [1.82, 2.24) is 15.5 Å². The first kappa shape index (κ1) is 15.9. The van der Waals surface area contributed by atoms with Crippen molar-refractivity contribution in [2.75, 3.05) is 13.2 Å². The highest BCUT2D eigenvalue weighted by molar-refractivity contribution is 5.77. The second kappa shape index (κ2) is 7.54. The zero-order valence-electron chi connectivity index (χ0n) is 13.1.